The SMILES string of the molecule is Cc1ccccc1-c1ccc(CN2CCc3nc(-c4ccc(Cl)cc4)ncc3C2)s1. The molecule has 0 radical (unpaired) electrons. The Morgan fingerprint density at radius 2 is 1.87 bits per heavy atom. The highest BCUT2D eigenvalue weighted by Gasteiger charge is 2.19. The van der Waals surface area contributed by atoms with Crippen LogP contribution in [0.5, 0.6) is 0 Å². The lowest BCUT2D eigenvalue weighted by molar-refractivity contribution is 0.245. The monoisotopic (exact) mass is 431 g/mol. The van der Waals surface area contributed by atoms with E-state index in [2.05, 4.69) is 53.2 Å². The molecule has 0 atom stereocenters. The fourth-order valence-electron chi connectivity index (χ4n) is 3.92. The summed E-state index contributed by atoms with van der Waals surface area (Å²) in [5, 5.41) is 0.728. The molecule has 5 heteroatoms. The predicted molar refractivity (Wildman–Crippen MR) is 125 cm³/mol. The molecule has 0 saturated carbocycles. The van der Waals surface area contributed by atoms with Crippen molar-refractivity contribution < 1.29 is 0 Å². The summed E-state index contributed by atoms with van der Waals surface area (Å²) in [7, 11) is 0. The van der Waals surface area contributed by atoms with Crippen molar-refractivity contribution in [1.29, 1.82) is 0 Å². The number of thiophene rings is 1. The molecular weight excluding hydrogens is 410 g/mol. The van der Waals surface area contributed by atoms with Crippen LogP contribution in [0.25, 0.3) is 21.8 Å². The lowest BCUT2D eigenvalue weighted by Gasteiger charge is -2.27. The second-order valence-corrected chi connectivity index (χ2v) is 9.32. The van der Waals surface area contributed by atoms with Crippen LogP contribution in [0.1, 0.15) is 21.7 Å². The van der Waals surface area contributed by atoms with Gasteiger partial charge in [-0.3, -0.25) is 4.90 Å². The van der Waals surface area contributed by atoms with Crippen molar-refractivity contribution in [2.75, 3.05) is 6.54 Å². The van der Waals surface area contributed by atoms with E-state index in [4.69, 9.17) is 16.6 Å². The van der Waals surface area contributed by atoms with Gasteiger partial charge in [-0.1, -0.05) is 35.9 Å². The van der Waals surface area contributed by atoms with Crippen LogP contribution in [-0.4, -0.2) is 21.4 Å². The molecule has 0 aliphatic carbocycles. The van der Waals surface area contributed by atoms with Crippen molar-refractivity contribution >= 4 is 22.9 Å². The third-order valence-corrected chi connectivity index (χ3v) is 6.92. The van der Waals surface area contributed by atoms with Gasteiger partial charge in [-0.2, -0.15) is 0 Å². The van der Waals surface area contributed by atoms with Gasteiger partial charge in [0, 0.05) is 58.2 Å². The number of nitrogens with zero attached hydrogens (tertiary/aromatic N) is 3. The van der Waals surface area contributed by atoms with Crippen molar-refractivity contribution in [2.45, 2.75) is 26.4 Å². The minimum atomic E-state index is 0.728. The molecule has 0 fully saturated rings. The molecule has 30 heavy (non-hydrogen) atoms. The zero-order valence-corrected chi connectivity index (χ0v) is 18.4. The number of rotatable bonds is 4. The van der Waals surface area contributed by atoms with Crippen LogP contribution in [0.2, 0.25) is 5.02 Å². The smallest absolute Gasteiger partial charge is 0.159 e. The van der Waals surface area contributed by atoms with Gasteiger partial charge in [0.1, 0.15) is 0 Å². The van der Waals surface area contributed by atoms with Gasteiger partial charge in [0.05, 0.1) is 5.69 Å². The molecule has 4 aromatic rings. The number of benzene rings is 2. The normalized spacial score (nSPS) is 13.9. The van der Waals surface area contributed by atoms with Crippen LogP contribution < -0.4 is 0 Å². The molecule has 2 aromatic heterocycles. The number of aryl methyl sites for hydroxylation is 1. The maximum atomic E-state index is 6.00. The van der Waals surface area contributed by atoms with E-state index >= 15 is 0 Å². The van der Waals surface area contributed by atoms with Gasteiger partial charge in [-0.15, -0.1) is 11.3 Å². The molecule has 0 unspecified atom stereocenters. The molecule has 0 N–H and O–H groups in total. The highest BCUT2D eigenvalue weighted by atomic mass is 35.5. The summed E-state index contributed by atoms with van der Waals surface area (Å²) in [4.78, 5) is 14.7. The zero-order chi connectivity index (χ0) is 20.5. The Labute approximate surface area is 186 Å². The quantitative estimate of drug-likeness (QED) is 0.374. The number of hydrogen-bond donors (Lipinski definition) is 0. The fraction of sp³-hybridized carbons (Fsp3) is 0.200. The lowest BCUT2D eigenvalue weighted by atomic mass is 10.1. The van der Waals surface area contributed by atoms with Crippen molar-refractivity contribution in [1.82, 2.24) is 14.9 Å². The Morgan fingerprint density at radius 1 is 1.03 bits per heavy atom. The van der Waals surface area contributed by atoms with Gasteiger partial charge in [0.15, 0.2) is 5.82 Å². The summed E-state index contributed by atoms with van der Waals surface area (Å²) in [6, 6.07) is 20.8. The van der Waals surface area contributed by atoms with Gasteiger partial charge in [0.2, 0.25) is 0 Å². The average molecular weight is 432 g/mol. The van der Waals surface area contributed by atoms with Crippen molar-refractivity contribution in [3.05, 3.63) is 93.6 Å². The van der Waals surface area contributed by atoms with E-state index in [-0.39, 0.29) is 0 Å². The molecule has 0 saturated heterocycles. The van der Waals surface area contributed by atoms with E-state index in [1.807, 2.05) is 41.8 Å². The molecule has 1 aliphatic heterocycles. The zero-order valence-electron chi connectivity index (χ0n) is 16.8. The van der Waals surface area contributed by atoms with Gasteiger partial charge < -0.3 is 0 Å². The Bertz CT molecular complexity index is 1180. The molecule has 150 valence electrons. The van der Waals surface area contributed by atoms with Crippen molar-refractivity contribution in [3.63, 3.8) is 0 Å². The highest BCUT2D eigenvalue weighted by molar-refractivity contribution is 7.15. The van der Waals surface area contributed by atoms with Gasteiger partial charge >= 0.3 is 0 Å². The number of fused-ring (bicyclic) bond motifs is 1. The van der Waals surface area contributed by atoms with E-state index in [0.717, 1.165) is 48.2 Å². The molecule has 5 rings (SSSR count). The maximum absolute atomic E-state index is 6.00. The van der Waals surface area contributed by atoms with Crippen molar-refractivity contribution in [3.8, 4) is 21.8 Å². The largest absolute Gasteiger partial charge is 0.293 e. The van der Waals surface area contributed by atoms with Crippen LogP contribution in [0.3, 0.4) is 0 Å². The van der Waals surface area contributed by atoms with Gasteiger partial charge in [-0.25, -0.2) is 9.97 Å². The summed E-state index contributed by atoms with van der Waals surface area (Å²) >= 11 is 7.89. The van der Waals surface area contributed by atoms with Crippen LogP contribution in [0.15, 0.2) is 66.9 Å². The van der Waals surface area contributed by atoms with E-state index in [1.54, 1.807) is 0 Å². The number of halogens is 1. The summed E-state index contributed by atoms with van der Waals surface area (Å²) in [5.41, 5.74) is 6.06. The fourth-order valence-corrected chi connectivity index (χ4v) is 5.19. The average Bonchev–Trinajstić information content (AvgIpc) is 3.22. The van der Waals surface area contributed by atoms with Crippen LogP contribution in [0.4, 0.5) is 0 Å². The van der Waals surface area contributed by atoms with Crippen LogP contribution in [-0.2, 0) is 19.5 Å². The van der Waals surface area contributed by atoms with E-state index in [1.165, 1.54) is 26.4 Å². The first-order chi connectivity index (χ1) is 14.7. The van der Waals surface area contributed by atoms with Crippen molar-refractivity contribution in [2.24, 2.45) is 0 Å². The Balaban J connectivity index is 1.30. The van der Waals surface area contributed by atoms with E-state index in [9.17, 15) is 0 Å². The first-order valence-corrected chi connectivity index (χ1v) is 11.3. The van der Waals surface area contributed by atoms with E-state index < -0.39 is 0 Å². The minimum absolute atomic E-state index is 0.728. The summed E-state index contributed by atoms with van der Waals surface area (Å²) in [5.74, 6) is 0.778. The standard InChI is InChI=1S/C25H22ClN3S/c1-17-4-2-3-5-22(17)24-11-10-21(30-24)16-29-13-12-23-19(15-29)14-27-25(28-23)18-6-8-20(26)9-7-18/h2-11,14H,12-13,15-16H2,1H3. The summed E-state index contributed by atoms with van der Waals surface area (Å²) in [6.07, 6.45) is 2.94. The molecule has 0 amide bonds. The Morgan fingerprint density at radius 3 is 2.70 bits per heavy atom. The molecule has 0 spiro atoms. The lowest BCUT2D eigenvalue weighted by Crippen LogP contribution is -2.30. The molecular formula is C25H22ClN3S. The third kappa shape index (κ3) is 4.04. The summed E-state index contributed by atoms with van der Waals surface area (Å²) < 4.78 is 0. The molecule has 0 bridgehead atoms. The molecule has 1 aliphatic rings. The molecule has 3 nitrogen and oxygen atoms in total. The molecule has 3 heterocycles. The minimum Gasteiger partial charge on any atom is -0.293 e. The first-order valence-electron chi connectivity index (χ1n) is 10.1. The third-order valence-electron chi connectivity index (χ3n) is 5.57. The second kappa shape index (κ2) is 8.31. The van der Waals surface area contributed by atoms with Gasteiger partial charge in [0.25, 0.3) is 0 Å². The second-order valence-electron chi connectivity index (χ2n) is 7.71. The first kappa shape index (κ1) is 19.4. The Hall–Kier alpha value is -2.53. The maximum Gasteiger partial charge on any atom is 0.159 e. The number of hydrogen-bond acceptors (Lipinski definition) is 4. The van der Waals surface area contributed by atoms with E-state index in [0.29, 0.717) is 0 Å². The van der Waals surface area contributed by atoms with Crippen LogP contribution in [0, 0.1) is 6.92 Å². The van der Waals surface area contributed by atoms with Gasteiger partial charge in [-0.05, 0) is 54.4 Å². The number of aromatic nitrogens is 2. The molecule has 2 aromatic carbocycles. The van der Waals surface area contributed by atoms with Crippen LogP contribution >= 0.6 is 22.9 Å². The topological polar surface area (TPSA) is 29.0 Å². The highest BCUT2D eigenvalue weighted by Crippen LogP contribution is 2.32. The Kier molecular flexibility index (Phi) is 5.38. The summed E-state index contributed by atoms with van der Waals surface area (Å²) in [6.45, 7) is 5.05. The predicted octanol–water partition coefficient (Wildman–Crippen LogP) is 6.39.